The van der Waals surface area contributed by atoms with Crippen LogP contribution in [-0.2, 0) is 0 Å². The third-order valence-corrected chi connectivity index (χ3v) is 5.43. The average Bonchev–Trinajstić information content (AvgIpc) is 2.43. The van der Waals surface area contributed by atoms with Crippen molar-refractivity contribution in [3.63, 3.8) is 0 Å². The van der Waals surface area contributed by atoms with Crippen molar-refractivity contribution in [2.45, 2.75) is 43.7 Å². The minimum absolute atomic E-state index is 0.424. The Morgan fingerprint density at radius 2 is 1.86 bits per heavy atom. The fourth-order valence-corrected chi connectivity index (χ4v) is 4.62. The Bertz CT molecular complexity index is 413. The van der Waals surface area contributed by atoms with Gasteiger partial charge >= 0.3 is 0 Å². The van der Waals surface area contributed by atoms with E-state index in [2.05, 4.69) is 54.9 Å². The van der Waals surface area contributed by atoms with Crippen LogP contribution in [0.1, 0.15) is 38.8 Å². The Morgan fingerprint density at radius 3 is 2.43 bits per heavy atom. The first kappa shape index (κ1) is 17.1. The third kappa shape index (κ3) is 5.48. The third-order valence-electron chi connectivity index (χ3n) is 3.95. The Morgan fingerprint density at radius 1 is 1.24 bits per heavy atom. The van der Waals surface area contributed by atoms with Crippen LogP contribution < -0.4 is 5.32 Å². The zero-order valence-corrected chi connectivity index (χ0v) is 14.9. The SMILES string of the molecule is CCNC(CCN1CC(C)SC(C)C1)c1ccc(Cl)cc1. The fraction of sp³-hybridized carbons (Fsp3) is 0.647. The summed E-state index contributed by atoms with van der Waals surface area (Å²) in [6.45, 7) is 11.4. The molecule has 0 bridgehead atoms. The summed E-state index contributed by atoms with van der Waals surface area (Å²) >= 11 is 8.11. The lowest BCUT2D eigenvalue weighted by Gasteiger charge is -2.35. The summed E-state index contributed by atoms with van der Waals surface area (Å²) in [5.41, 5.74) is 1.34. The van der Waals surface area contributed by atoms with E-state index in [1.807, 2.05) is 12.1 Å². The molecule has 1 saturated heterocycles. The van der Waals surface area contributed by atoms with Crippen molar-refractivity contribution in [2.75, 3.05) is 26.2 Å². The van der Waals surface area contributed by atoms with E-state index in [-0.39, 0.29) is 0 Å². The highest BCUT2D eigenvalue weighted by Gasteiger charge is 2.22. The largest absolute Gasteiger partial charge is 0.310 e. The zero-order valence-electron chi connectivity index (χ0n) is 13.3. The molecular weight excluding hydrogens is 300 g/mol. The highest BCUT2D eigenvalue weighted by atomic mass is 35.5. The molecule has 1 heterocycles. The van der Waals surface area contributed by atoms with Crippen LogP contribution in [0.3, 0.4) is 0 Å². The molecule has 0 radical (unpaired) electrons. The van der Waals surface area contributed by atoms with E-state index in [1.165, 1.54) is 18.7 Å². The summed E-state index contributed by atoms with van der Waals surface area (Å²) in [7, 11) is 0. The molecular formula is C17H27ClN2S. The van der Waals surface area contributed by atoms with Gasteiger partial charge in [0.1, 0.15) is 0 Å². The molecule has 0 aromatic heterocycles. The van der Waals surface area contributed by atoms with Gasteiger partial charge in [0, 0.05) is 41.2 Å². The first-order valence-corrected chi connectivity index (χ1v) is 9.27. The molecule has 21 heavy (non-hydrogen) atoms. The van der Waals surface area contributed by atoms with E-state index < -0.39 is 0 Å². The van der Waals surface area contributed by atoms with Crippen LogP contribution in [0.25, 0.3) is 0 Å². The van der Waals surface area contributed by atoms with Gasteiger partial charge in [-0.2, -0.15) is 11.8 Å². The fourth-order valence-electron chi connectivity index (χ4n) is 3.11. The summed E-state index contributed by atoms with van der Waals surface area (Å²) in [4.78, 5) is 2.62. The van der Waals surface area contributed by atoms with Crippen molar-refractivity contribution in [2.24, 2.45) is 0 Å². The van der Waals surface area contributed by atoms with Gasteiger partial charge in [-0.15, -0.1) is 0 Å². The van der Waals surface area contributed by atoms with Crippen LogP contribution in [0.15, 0.2) is 24.3 Å². The molecule has 1 N–H and O–H groups in total. The van der Waals surface area contributed by atoms with Crippen molar-refractivity contribution in [1.82, 2.24) is 10.2 Å². The van der Waals surface area contributed by atoms with Crippen molar-refractivity contribution in [1.29, 1.82) is 0 Å². The van der Waals surface area contributed by atoms with Gasteiger partial charge in [-0.25, -0.2) is 0 Å². The van der Waals surface area contributed by atoms with Crippen LogP contribution in [0.4, 0.5) is 0 Å². The number of hydrogen-bond donors (Lipinski definition) is 1. The van der Waals surface area contributed by atoms with Crippen LogP contribution in [-0.4, -0.2) is 41.6 Å². The van der Waals surface area contributed by atoms with Crippen molar-refractivity contribution < 1.29 is 0 Å². The van der Waals surface area contributed by atoms with Crippen LogP contribution >= 0.6 is 23.4 Å². The molecule has 2 nitrogen and oxygen atoms in total. The summed E-state index contributed by atoms with van der Waals surface area (Å²) in [5, 5.41) is 5.92. The number of thioether (sulfide) groups is 1. The molecule has 0 amide bonds. The van der Waals surface area contributed by atoms with Gasteiger partial charge in [0.2, 0.25) is 0 Å². The lowest BCUT2D eigenvalue weighted by molar-refractivity contribution is 0.254. The normalized spacial score (nSPS) is 25.0. The van der Waals surface area contributed by atoms with Gasteiger partial charge in [-0.1, -0.05) is 44.5 Å². The Balaban J connectivity index is 1.92. The standard InChI is InChI=1S/C17H27ClN2S/c1-4-19-17(15-5-7-16(18)8-6-15)9-10-20-11-13(2)21-14(3)12-20/h5-8,13-14,17,19H,4,9-12H2,1-3H3. The maximum absolute atomic E-state index is 5.99. The minimum atomic E-state index is 0.424. The van der Waals surface area contributed by atoms with Crippen molar-refractivity contribution in [3.05, 3.63) is 34.9 Å². The number of benzene rings is 1. The van der Waals surface area contributed by atoms with Gasteiger partial charge < -0.3 is 10.2 Å². The molecule has 1 aromatic carbocycles. The van der Waals surface area contributed by atoms with Gasteiger partial charge in [0.15, 0.2) is 0 Å². The molecule has 4 heteroatoms. The monoisotopic (exact) mass is 326 g/mol. The maximum Gasteiger partial charge on any atom is 0.0406 e. The van der Waals surface area contributed by atoms with Crippen molar-refractivity contribution in [3.8, 4) is 0 Å². The molecule has 0 spiro atoms. The highest BCUT2D eigenvalue weighted by Crippen LogP contribution is 2.26. The first-order valence-electron chi connectivity index (χ1n) is 7.95. The van der Waals surface area contributed by atoms with E-state index in [0.717, 1.165) is 35.0 Å². The molecule has 3 atom stereocenters. The van der Waals surface area contributed by atoms with Crippen LogP contribution in [0, 0.1) is 0 Å². The van der Waals surface area contributed by atoms with Gasteiger partial charge in [0.25, 0.3) is 0 Å². The van der Waals surface area contributed by atoms with E-state index in [9.17, 15) is 0 Å². The number of rotatable bonds is 6. The van der Waals surface area contributed by atoms with E-state index >= 15 is 0 Å². The summed E-state index contributed by atoms with van der Waals surface area (Å²) < 4.78 is 0. The van der Waals surface area contributed by atoms with Crippen LogP contribution in [0.2, 0.25) is 5.02 Å². The summed E-state index contributed by atoms with van der Waals surface area (Å²) in [6.07, 6.45) is 1.15. The quantitative estimate of drug-likeness (QED) is 0.843. The Hall–Kier alpha value is -0.220. The molecule has 0 aliphatic carbocycles. The number of nitrogens with one attached hydrogen (secondary N) is 1. The Labute approximate surface area is 138 Å². The lowest BCUT2D eigenvalue weighted by Crippen LogP contribution is -2.41. The summed E-state index contributed by atoms with van der Waals surface area (Å²) in [5.74, 6) is 0. The number of halogens is 1. The van der Waals surface area contributed by atoms with Gasteiger partial charge in [0.05, 0.1) is 0 Å². The second-order valence-corrected chi connectivity index (χ2v) is 8.29. The highest BCUT2D eigenvalue weighted by molar-refractivity contribution is 8.00. The predicted molar refractivity (Wildman–Crippen MR) is 95.4 cm³/mol. The minimum Gasteiger partial charge on any atom is -0.310 e. The predicted octanol–water partition coefficient (Wildman–Crippen LogP) is 4.21. The van der Waals surface area contributed by atoms with Crippen molar-refractivity contribution >= 4 is 23.4 Å². The topological polar surface area (TPSA) is 15.3 Å². The number of nitrogens with zero attached hydrogens (tertiary/aromatic N) is 1. The van der Waals surface area contributed by atoms with E-state index in [0.29, 0.717) is 6.04 Å². The molecule has 1 aliphatic rings. The zero-order chi connectivity index (χ0) is 15.2. The molecule has 3 unspecified atom stereocenters. The lowest BCUT2D eigenvalue weighted by atomic mass is 10.0. The second kappa shape index (κ2) is 8.42. The second-order valence-electron chi connectivity index (χ2n) is 5.97. The maximum atomic E-state index is 5.99. The molecule has 1 fully saturated rings. The molecule has 0 saturated carbocycles. The van der Waals surface area contributed by atoms with E-state index in [4.69, 9.17) is 11.6 Å². The molecule has 2 rings (SSSR count). The molecule has 1 aromatic rings. The van der Waals surface area contributed by atoms with Gasteiger partial charge in [-0.3, -0.25) is 0 Å². The average molecular weight is 327 g/mol. The molecule has 118 valence electrons. The van der Waals surface area contributed by atoms with Gasteiger partial charge in [-0.05, 0) is 30.7 Å². The Kier molecular flexibility index (Phi) is 6.87. The smallest absolute Gasteiger partial charge is 0.0406 e. The first-order chi connectivity index (χ1) is 10.1. The number of hydrogen-bond acceptors (Lipinski definition) is 3. The van der Waals surface area contributed by atoms with E-state index in [1.54, 1.807) is 0 Å². The molecule has 1 aliphatic heterocycles. The summed E-state index contributed by atoms with van der Waals surface area (Å²) in [6, 6.07) is 8.69. The van der Waals surface area contributed by atoms with Crippen LogP contribution in [0.5, 0.6) is 0 Å².